The van der Waals surface area contributed by atoms with Crippen molar-refractivity contribution >= 4 is 11.4 Å². The average molecular weight is 412 g/mol. The fraction of sp³-hybridized carbons (Fsp3) is 0.125. The van der Waals surface area contributed by atoms with Gasteiger partial charge in [0.15, 0.2) is 0 Å². The minimum Gasteiger partial charge on any atom is -0.538 e. The van der Waals surface area contributed by atoms with Crippen LogP contribution in [0.2, 0.25) is 0 Å². The summed E-state index contributed by atoms with van der Waals surface area (Å²) in [5.74, 6) is 0. The molecule has 9 heteroatoms. The topological polar surface area (TPSA) is 24.1 Å². The molecule has 0 aromatic heterocycles. The summed E-state index contributed by atoms with van der Waals surface area (Å²) < 4.78 is 72.3. The van der Waals surface area contributed by atoms with Crippen LogP contribution in [0.5, 0.6) is 0 Å². The molecule has 0 spiro atoms. The minimum atomic E-state index is -4.28. The van der Waals surface area contributed by atoms with Crippen LogP contribution in [-0.2, 0) is 29.4 Å². The number of alkyl halides is 6. The predicted octanol–water partition coefficient (Wildman–Crippen LogP) is 5.82. The van der Waals surface area contributed by atoms with Crippen molar-refractivity contribution in [2.75, 3.05) is 10.6 Å². The molecule has 0 atom stereocenters. The maximum atomic E-state index is 12.1. The van der Waals surface area contributed by atoms with Crippen LogP contribution in [0.15, 0.2) is 48.5 Å². The molecular weight excluding hydrogens is 398 g/mol. The van der Waals surface area contributed by atoms with Gasteiger partial charge in [-0.25, -0.2) is 0 Å². The monoisotopic (exact) mass is 411 g/mol. The Hall–Kier alpha value is -1.86. The van der Waals surface area contributed by atoms with Gasteiger partial charge >= 0.3 is 29.4 Å². The predicted molar refractivity (Wildman–Crippen MR) is 80.8 cm³/mol. The molecule has 141 valence electrons. The molecule has 0 aliphatic rings. The summed E-state index contributed by atoms with van der Waals surface area (Å²) in [4.78, 5) is 0. The summed E-state index contributed by atoms with van der Waals surface area (Å²) >= 11 is 0. The summed E-state index contributed by atoms with van der Waals surface area (Å²) in [6.45, 7) is 0. The molecule has 0 aliphatic heterocycles. The van der Waals surface area contributed by atoms with Crippen LogP contribution in [0.4, 0.5) is 37.7 Å². The summed E-state index contributed by atoms with van der Waals surface area (Å²) in [5.41, 5.74) is -0.637. The van der Waals surface area contributed by atoms with Crippen LogP contribution in [-0.4, -0.2) is 0 Å². The van der Waals surface area contributed by atoms with Crippen molar-refractivity contribution in [3.63, 3.8) is 0 Å². The molecule has 0 saturated heterocycles. The molecule has 2 rings (SSSR count). The van der Waals surface area contributed by atoms with E-state index in [0.717, 1.165) is 24.3 Å². The molecule has 0 fully saturated rings. The molecule has 2 aromatic carbocycles. The molecule has 1 radical (unpaired) electrons. The van der Waals surface area contributed by atoms with Crippen LogP contribution in [0.1, 0.15) is 11.1 Å². The second-order valence-electron chi connectivity index (χ2n) is 4.51. The first-order chi connectivity index (χ1) is 11.1. The van der Waals surface area contributed by atoms with Gasteiger partial charge in [0.25, 0.3) is 0 Å². The average Bonchev–Trinajstić information content (AvgIpc) is 2.54. The third-order valence-corrected chi connectivity index (χ3v) is 2.79. The first kappa shape index (κ1) is 23.1. The van der Waals surface area contributed by atoms with Crippen molar-refractivity contribution in [2.24, 2.45) is 0 Å². The van der Waals surface area contributed by atoms with Gasteiger partial charge in [-0.2, -0.15) is 26.3 Å². The smallest absolute Gasteiger partial charge is 0.538 e. The van der Waals surface area contributed by atoms with E-state index in [1.165, 1.54) is 24.3 Å². The Morgan fingerprint density at radius 2 is 0.960 bits per heavy atom. The van der Waals surface area contributed by atoms with E-state index in [4.69, 9.17) is 0 Å². The zero-order chi connectivity index (χ0) is 18.4. The summed E-state index contributed by atoms with van der Waals surface area (Å²) in [6, 6.07) is 9.73. The molecule has 2 aromatic rings. The molecule has 0 bridgehead atoms. The van der Waals surface area contributed by atoms with Crippen molar-refractivity contribution in [1.29, 1.82) is 0 Å². The van der Waals surface area contributed by atoms with Crippen molar-refractivity contribution in [1.82, 2.24) is 0 Å². The molecule has 0 aliphatic carbocycles. The van der Waals surface area contributed by atoms with Crippen LogP contribution in [0.25, 0.3) is 0 Å². The Balaban J connectivity index is 0.000000443. The maximum Gasteiger partial charge on any atom is 2.00 e. The molecule has 0 unspecified atom stereocenters. The summed E-state index contributed by atoms with van der Waals surface area (Å²) in [7, 11) is 6.52. The third kappa shape index (κ3) is 7.70. The molecular formula is C16H14CuF6N2. The van der Waals surface area contributed by atoms with Gasteiger partial charge in [-0.3, -0.25) is 14.1 Å². The fourth-order valence-electron chi connectivity index (χ4n) is 1.61. The first-order valence-electron chi connectivity index (χ1n) is 6.48. The van der Waals surface area contributed by atoms with E-state index in [-0.39, 0.29) is 17.1 Å². The van der Waals surface area contributed by atoms with Gasteiger partial charge < -0.3 is 10.6 Å². The first-order valence-corrected chi connectivity index (χ1v) is 6.48. The molecule has 0 saturated carbocycles. The number of benzene rings is 2. The zero-order valence-electron chi connectivity index (χ0n) is 12.6. The van der Waals surface area contributed by atoms with Gasteiger partial charge in [0.2, 0.25) is 0 Å². The van der Waals surface area contributed by atoms with Crippen LogP contribution >= 0.6 is 0 Å². The maximum absolute atomic E-state index is 12.1. The number of rotatable bonds is 2. The van der Waals surface area contributed by atoms with E-state index in [9.17, 15) is 26.3 Å². The normalized spacial score (nSPS) is 10.9. The second kappa shape index (κ2) is 9.58. The molecule has 0 amide bonds. The standard InChI is InChI=1S/2C8H7F3N.Cu/c2*1-12-7-4-2-3-6(5-7)8(9,10)11;/h2*2-5,12H,1H2;/q2*-1;+2. The number of hydrogen-bond acceptors (Lipinski definition) is 2. The largest absolute Gasteiger partial charge is 2.00 e. The van der Waals surface area contributed by atoms with Crippen molar-refractivity contribution in [2.45, 2.75) is 12.4 Å². The van der Waals surface area contributed by atoms with E-state index >= 15 is 0 Å². The zero-order valence-corrected chi connectivity index (χ0v) is 13.5. The molecule has 25 heavy (non-hydrogen) atoms. The Morgan fingerprint density at radius 3 is 1.20 bits per heavy atom. The Morgan fingerprint density at radius 1 is 0.640 bits per heavy atom. The molecule has 2 nitrogen and oxygen atoms in total. The number of anilines is 2. The van der Waals surface area contributed by atoms with Gasteiger partial charge in [0.05, 0.1) is 11.1 Å². The fourth-order valence-corrected chi connectivity index (χ4v) is 1.61. The van der Waals surface area contributed by atoms with Gasteiger partial charge in [0.1, 0.15) is 0 Å². The molecule has 0 heterocycles. The van der Waals surface area contributed by atoms with Crippen LogP contribution in [0, 0.1) is 14.1 Å². The van der Waals surface area contributed by atoms with Crippen molar-refractivity contribution in [3.8, 4) is 0 Å². The Kier molecular flexibility index (Phi) is 8.87. The summed E-state index contributed by atoms with van der Waals surface area (Å²) in [5, 5.41) is 4.78. The SMILES string of the molecule is [CH2-]Nc1cccc(C(F)(F)F)c1.[CH2-]Nc1cccc(C(F)(F)F)c1.[Cu+2]. The quantitative estimate of drug-likeness (QED) is 0.370. The van der Waals surface area contributed by atoms with E-state index in [1.54, 1.807) is 0 Å². The number of halogens is 6. The van der Waals surface area contributed by atoms with Crippen molar-refractivity contribution in [3.05, 3.63) is 73.8 Å². The van der Waals surface area contributed by atoms with E-state index < -0.39 is 23.5 Å². The number of hydrogen-bond donors (Lipinski definition) is 2. The van der Waals surface area contributed by atoms with Crippen LogP contribution in [0.3, 0.4) is 0 Å². The van der Waals surface area contributed by atoms with Gasteiger partial charge in [-0.05, 0) is 36.4 Å². The van der Waals surface area contributed by atoms with Crippen LogP contribution < -0.4 is 10.6 Å². The minimum absolute atomic E-state index is 0. The van der Waals surface area contributed by atoms with Crippen molar-refractivity contribution < 1.29 is 43.4 Å². The van der Waals surface area contributed by atoms with Gasteiger partial charge in [-0.1, -0.05) is 12.1 Å². The summed E-state index contributed by atoms with van der Waals surface area (Å²) in [6.07, 6.45) is -8.57. The second-order valence-corrected chi connectivity index (χ2v) is 4.51. The number of nitrogens with one attached hydrogen (secondary N) is 2. The van der Waals surface area contributed by atoms with Gasteiger partial charge in [-0.15, -0.1) is 0 Å². The van der Waals surface area contributed by atoms with E-state index in [1.807, 2.05) is 0 Å². The Bertz CT molecular complexity index is 598. The molecule has 2 N–H and O–H groups in total. The third-order valence-electron chi connectivity index (χ3n) is 2.79. The van der Waals surface area contributed by atoms with E-state index in [0.29, 0.717) is 11.4 Å². The van der Waals surface area contributed by atoms with E-state index in [2.05, 4.69) is 24.7 Å². The Labute approximate surface area is 152 Å². The van der Waals surface area contributed by atoms with Gasteiger partial charge in [0, 0.05) is 11.4 Å².